The molecule has 0 unspecified atom stereocenters. The molecule has 0 saturated heterocycles. The van der Waals surface area contributed by atoms with E-state index in [-0.39, 0.29) is 5.82 Å². The number of halogens is 1. The van der Waals surface area contributed by atoms with Crippen LogP contribution in [-0.2, 0) is 4.74 Å². The summed E-state index contributed by atoms with van der Waals surface area (Å²) in [7, 11) is 0. The molecule has 1 saturated carbocycles. The summed E-state index contributed by atoms with van der Waals surface area (Å²) in [5, 5.41) is 7.30. The quantitative estimate of drug-likeness (QED) is 0.661. The number of hydrogen-bond donors (Lipinski definition) is 2. The van der Waals surface area contributed by atoms with Crippen molar-refractivity contribution in [1.82, 2.24) is 9.97 Å². The molecule has 2 aliphatic rings. The van der Waals surface area contributed by atoms with Crippen LogP contribution in [0.4, 0.5) is 20.7 Å². The number of anilines is 2. The van der Waals surface area contributed by atoms with E-state index in [0.717, 1.165) is 29.5 Å². The van der Waals surface area contributed by atoms with E-state index in [4.69, 9.17) is 9.47 Å². The topological polar surface area (TPSA) is 85.4 Å². The molecule has 1 amide bonds. The van der Waals surface area contributed by atoms with E-state index in [0.29, 0.717) is 53.9 Å². The van der Waals surface area contributed by atoms with Crippen LogP contribution in [0.2, 0.25) is 0 Å². The minimum Gasteiger partial charge on any atom is -0.474 e. The van der Waals surface area contributed by atoms with E-state index < -0.39 is 6.09 Å². The second-order valence-corrected chi connectivity index (χ2v) is 7.67. The molecule has 7 nitrogen and oxygen atoms in total. The van der Waals surface area contributed by atoms with Crippen molar-refractivity contribution in [3.8, 4) is 17.0 Å². The molecule has 8 heteroatoms. The first-order valence-electron chi connectivity index (χ1n) is 9.98. The summed E-state index contributed by atoms with van der Waals surface area (Å²) in [6.07, 6.45) is 4.84. The van der Waals surface area contributed by atoms with Crippen molar-refractivity contribution in [3.05, 3.63) is 42.0 Å². The Hall–Kier alpha value is -3.42. The molecule has 1 fully saturated rings. The highest BCUT2D eigenvalue weighted by atomic mass is 19.1. The Morgan fingerprint density at radius 3 is 2.93 bits per heavy atom. The minimum absolute atomic E-state index is 0.358. The molecule has 0 atom stereocenters. The summed E-state index contributed by atoms with van der Waals surface area (Å²) in [4.78, 5) is 20.5. The number of nitrogens with zero attached hydrogens (tertiary/aromatic N) is 2. The molecule has 0 bridgehead atoms. The van der Waals surface area contributed by atoms with E-state index in [2.05, 4.69) is 20.6 Å². The van der Waals surface area contributed by atoms with Crippen LogP contribution < -0.4 is 15.4 Å². The van der Waals surface area contributed by atoms with Gasteiger partial charge in [-0.15, -0.1) is 0 Å². The zero-order chi connectivity index (χ0) is 20.7. The van der Waals surface area contributed by atoms with Crippen LogP contribution >= 0.6 is 0 Å². The lowest BCUT2D eigenvalue weighted by atomic mass is 9.98. The van der Waals surface area contributed by atoms with E-state index in [1.807, 2.05) is 6.92 Å². The third-order valence-electron chi connectivity index (χ3n) is 5.42. The fourth-order valence-electron chi connectivity index (χ4n) is 3.55. The van der Waals surface area contributed by atoms with Crippen LogP contribution in [-0.4, -0.2) is 35.8 Å². The van der Waals surface area contributed by atoms with Crippen LogP contribution in [0.15, 0.2) is 30.6 Å². The van der Waals surface area contributed by atoms with Crippen LogP contribution in [0.1, 0.15) is 18.4 Å². The van der Waals surface area contributed by atoms with Gasteiger partial charge in [0, 0.05) is 35.5 Å². The molecule has 1 aromatic carbocycles. The molecule has 0 radical (unpaired) electrons. The summed E-state index contributed by atoms with van der Waals surface area (Å²) in [5.74, 6) is 1.01. The molecule has 3 heterocycles. The second-order valence-electron chi connectivity index (χ2n) is 7.67. The van der Waals surface area contributed by atoms with Gasteiger partial charge < -0.3 is 14.8 Å². The number of fused-ring (bicyclic) bond motifs is 2. The first-order chi connectivity index (χ1) is 14.6. The summed E-state index contributed by atoms with van der Waals surface area (Å²) in [5.41, 5.74) is 2.76. The van der Waals surface area contributed by atoms with Gasteiger partial charge in [0.1, 0.15) is 23.9 Å². The maximum Gasteiger partial charge on any atom is 0.412 e. The molecule has 2 aromatic heterocycles. The Morgan fingerprint density at radius 2 is 2.10 bits per heavy atom. The molecular weight excluding hydrogens is 387 g/mol. The van der Waals surface area contributed by atoms with Crippen molar-refractivity contribution in [2.24, 2.45) is 5.92 Å². The normalized spacial score (nSPS) is 15.1. The monoisotopic (exact) mass is 408 g/mol. The number of amides is 1. The highest BCUT2D eigenvalue weighted by Crippen LogP contribution is 2.37. The number of ether oxygens (including phenoxy) is 2. The molecule has 1 aliphatic carbocycles. The zero-order valence-corrected chi connectivity index (χ0v) is 16.5. The lowest BCUT2D eigenvalue weighted by Crippen LogP contribution is -2.20. The van der Waals surface area contributed by atoms with Crippen molar-refractivity contribution in [3.63, 3.8) is 0 Å². The van der Waals surface area contributed by atoms with E-state index in [1.54, 1.807) is 18.3 Å². The Labute approximate surface area is 172 Å². The molecule has 5 rings (SSSR count). The third-order valence-corrected chi connectivity index (χ3v) is 5.42. The van der Waals surface area contributed by atoms with Gasteiger partial charge in [-0.2, -0.15) is 0 Å². The highest BCUT2D eigenvalue weighted by Gasteiger charge is 2.23. The van der Waals surface area contributed by atoms with Gasteiger partial charge in [0.2, 0.25) is 5.88 Å². The lowest BCUT2D eigenvalue weighted by Gasteiger charge is -2.21. The number of benzene rings is 1. The highest BCUT2D eigenvalue weighted by molar-refractivity contribution is 5.92. The fourth-order valence-corrected chi connectivity index (χ4v) is 3.55. The van der Waals surface area contributed by atoms with Gasteiger partial charge >= 0.3 is 6.09 Å². The second kappa shape index (κ2) is 7.44. The van der Waals surface area contributed by atoms with E-state index in [1.165, 1.54) is 12.3 Å². The van der Waals surface area contributed by atoms with Gasteiger partial charge in [-0.1, -0.05) is 0 Å². The number of rotatable bonds is 4. The number of hydrogen-bond acceptors (Lipinski definition) is 6. The molecule has 1 aliphatic heterocycles. The summed E-state index contributed by atoms with van der Waals surface area (Å²) >= 11 is 0. The van der Waals surface area contributed by atoms with Crippen LogP contribution in [0, 0.1) is 18.7 Å². The molecule has 2 N–H and O–H groups in total. The van der Waals surface area contributed by atoms with Crippen molar-refractivity contribution >= 4 is 28.4 Å². The number of carbonyl (C=O) groups excluding carboxylic acids is 1. The Bertz CT molecular complexity index is 1150. The smallest absolute Gasteiger partial charge is 0.412 e. The Kier molecular flexibility index (Phi) is 4.61. The number of carbonyl (C=O) groups is 1. The molecular formula is C22H21FN4O3. The molecule has 3 aromatic rings. The maximum atomic E-state index is 14.9. The van der Waals surface area contributed by atoms with E-state index in [9.17, 15) is 9.18 Å². The van der Waals surface area contributed by atoms with Crippen LogP contribution in [0.5, 0.6) is 5.88 Å². The number of pyridine rings is 2. The van der Waals surface area contributed by atoms with Crippen molar-refractivity contribution in [2.45, 2.75) is 19.8 Å². The maximum absolute atomic E-state index is 14.9. The third kappa shape index (κ3) is 3.60. The van der Waals surface area contributed by atoms with Gasteiger partial charge in [0.15, 0.2) is 0 Å². The van der Waals surface area contributed by atoms with Gasteiger partial charge in [-0.3, -0.25) is 5.32 Å². The molecule has 0 spiro atoms. The standard InChI is InChI=1S/C22H21FN4O3/c1-12-17(10-26-21-20(12)24-4-5-29-21)16-6-14-8-19(25-9-15(14)7-18(16)23)27-22(28)30-11-13-2-3-13/h6-10,13,24H,2-5,11H2,1H3,(H,25,27,28). The Morgan fingerprint density at radius 1 is 1.23 bits per heavy atom. The first-order valence-corrected chi connectivity index (χ1v) is 9.98. The van der Waals surface area contributed by atoms with Gasteiger partial charge in [0.05, 0.1) is 6.61 Å². The summed E-state index contributed by atoms with van der Waals surface area (Å²) in [6.45, 7) is 3.57. The van der Waals surface area contributed by atoms with Crippen molar-refractivity contribution in [2.75, 3.05) is 30.4 Å². The SMILES string of the molecule is Cc1c(-c2cc3cc(NC(=O)OCC4CC4)ncc3cc2F)cnc2c1NCCO2. The molecule has 154 valence electrons. The zero-order valence-electron chi connectivity index (χ0n) is 16.5. The summed E-state index contributed by atoms with van der Waals surface area (Å²) < 4.78 is 25.7. The number of aromatic nitrogens is 2. The first kappa shape index (κ1) is 18.6. The van der Waals surface area contributed by atoms with Crippen LogP contribution in [0.3, 0.4) is 0 Å². The minimum atomic E-state index is -0.531. The number of nitrogens with one attached hydrogen (secondary N) is 2. The fraction of sp³-hybridized carbons (Fsp3) is 0.318. The molecule has 30 heavy (non-hydrogen) atoms. The Balaban J connectivity index is 1.47. The van der Waals surface area contributed by atoms with Crippen LogP contribution in [0.25, 0.3) is 21.9 Å². The lowest BCUT2D eigenvalue weighted by molar-refractivity contribution is 0.156. The van der Waals surface area contributed by atoms with Gasteiger partial charge in [0.25, 0.3) is 0 Å². The van der Waals surface area contributed by atoms with E-state index >= 15 is 0 Å². The van der Waals surface area contributed by atoms with Crippen molar-refractivity contribution in [1.29, 1.82) is 0 Å². The summed E-state index contributed by atoms with van der Waals surface area (Å²) in [6, 6.07) is 4.89. The average Bonchev–Trinajstić information content (AvgIpc) is 3.57. The van der Waals surface area contributed by atoms with Crippen molar-refractivity contribution < 1.29 is 18.7 Å². The largest absolute Gasteiger partial charge is 0.474 e. The van der Waals surface area contributed by atoms with Gasteiger partial charge in [-0.25, -0.2) is 19.2 Å². The predicted molar refractivity (Wildman–Crippen MR) is 111 cm³/mol. The van der Waals surface area contributed by atoms with Gasteiger partial charge in [-0.05, 0) is 54.8 Å². The average molecular weight is 408 g/mol. The predicted octanol–water partition coefficient (Wildman–Crippen LogP) is 4.51.